The van der Waals surface area contributed by atoms with E-state index in [1.54, 1.807) is 18.5 Å². The quantitative estimate of drug-likeness (QED) is 0.672. The van der Waals surface area contributed by atoms with Gasteiger partial charge >= 0.3 is 6.03 Å². The van der Waals surface area contributed by atoms with Crippen molar-refractivity contribution in [3.8, 4) is 11.3 Å². The van der Waals surface area contributed by atoms with Crippen molar-refractivity contribution in [3.63, 3.8) is 0 Å². The standard InChI is InChI=1S/C19H16Cl2N4O/c1-11-6-12(20)7-15(21)18(11)24-19(26)23-9-17-14-5-3-2-4-13(14)16-8-22-10-25(16)17/h2-8,10,17H,9H2,1H3,(H2,23,24,26). The summed E-state index contributed by atoms with van der Waals surface area (Å²) in [6, 6.07) is 11.2. The maximum atomic E-state index is 12.4. The molecule has 5 nitrogen and oxygen atoms in total. The SMILES string of the molecule is Cc1cc(Cl)cc(Cl)c1NC(=O)NCC1c2ccccc2-c2cncn21. The maximum absolute atomic E-state index is 12.4. The summed E-state index contributed by atoms with van der Waals surface area (Å²) in [5.41, 5.74) is 4.74. The Labute approximate surface area is 161 Å². The Morgan fingerprint density at radius 3 is 2.88 bits per heavy atom. The molecule has 0 aliphatic carbocycles. The monoisotopic (exact) mass is 386 g/mol. The summed E-state index contributed by atoms with van der Waals surface area (Å²) in [6.07, 6.45) is 3.63. The minimum absolute atomic E-state index is 0.0104. The van der Waals surface area contributed by atoms with Crippen LogP contribution in [-0.2, 0) is 0 Å². The average molecular weight is 387 g/mol. The fraction of sp³-hybridized carbons (Fsp3) is 0.158. The molecule has 1 unspecified atom stereocenters. The number of urea groups is 1. The Hall–Kier alpha value is -2.50. The number of benzene rings is 2. The minimum Gasteiger partial charge on any atom is -0.335 e. The van der Waals surface area contributed by atoms with Gasteiger partial charge in [-0.15, -0.1) is 0 Å². The number of carbonyl (C=O) groups excluding carboxylic acids is 1. The van der Waals surface area contributed by atoms with Crippen LogP contribution in [0.25, 0.3) is 11.3 Å². The van der Waals surface area contributed by atoms with Gasteiger partial charge in [0.2, 0.25) is 0 Å². The Morgan fingerprint density at radius 2 is 2.08 bits per heavy atom. The van der Waals surface area contributed by atoms with Gasteiger partial charge in [-0.25, -0.2) is 9.78 Å². The highest BCUT2D eigenvalue weighted by atomic mass is 35.5. The largest absolute Gasteiger partial charge is 0.335 e. The number of aryl methyl sites for hydroxylation is 1. The zero-order valence-corrected chi connectivity index (χ0v) is 15.5. The first-order chi connectivity index (χ1) is 12.5. The van der Waals surface area contributed by atoms with Crippen molar-refractivity contribution in [1.29, 1.82) is 0 Å². The molecule has 4 rings (SSSR count). The number of halogens is 2. The molecule has 1 aromatic heterocycles. The number of hydrogen-bond donors (Lipinski definition) is 2. The van der Waals surface area contributed by atoms with E-state index in [2.05, 4.69) is 32.3 Å². The number of amides is 2. The van der Waals surface area contributed by atoms with E-state index >= 15 is 0 Å². The summed E-state index contributed by atoms with van der Waals surface area (Å²) in [6.45, 7) is 2.29. The molecular weight excluding hydrogens is 371 g/mol. The highest BCUT2D eigenvalue weighted by Crippen LogP contribution is 2.38. The van der Waals surface area contributed by atoms with Crippen LogP contribution in [0.5, 0.6) is 0 Å². The van der Waals surface area contributed by atoms with Gasteiger partial charge in [0.1, 0.15) is 0 Å². The molecular formula is C19H16Cl2N4O. The predicted octanol–water partition coefficient (Wildman–Crippen LogP) is 4.89. The number of imidazole rings is 1. The molecule has 132 valence electrons. The summed E-state index contributed by atoms with van der Waals surface area (Å²) in [5.74, 6) is 0. The van der Waals surface area contributed by atoms with Gasteiger partial charge in [0, 0.05) is 17.1 Å². The van der Waals surface area contributed by atoms with Crippen LogP contribution in [0.15, 0.2) is 48.9 Å². The average Bonchev–Trinajstić information content (AvgIpc) is 3.17. The Balaban J connectivity index is 1.49. The van der Waals surface area contributed by atoms with Crippen LogP contribution in [0.1, 0.15) is 17.2 Å². The number of aromatic nitrogens is 2. The molecule has 0 saturated heterocycles. The fourth-order valence-electron chi connectivity index (χ4n) is 3.35. The Morgan fingerprint density at radius 1 is 1.27 bits per heavy atom. The molecule has 0 spiro atoms. The minimum atomic E-state index is -0.316. The van der Waals surface area contributed by atoms with Crippen LogP contribution in [0.2, 0.25) is 10.0 Å². The van der Waals surface area contributed by atoms with Crippen molar-refractivity contribution in [1.82, 2.24) is 14.9 Å². The molecule has 2 amide bonds. The summed E-state index contributed by atoms with van der Waals surface area (Å²) in [5, 5.41) is 6.68. The van der Waals surface area contributed by atoms with Crippen molar-refractivity contribution in [3.05, 3.63) is 70.1 Å². The number of carbonyl (C=O) groups is 1. The van der Waals surface area contributed by atoms with Crippen LogP contribution in [-0.4, -0.2) is 22.1 Å². The van der Waals surface area contributed by atoms with Crippen LogP contribution >= 0.6 is 23.2 Å². The third-order valence-electron chi connectivity index (χ3n) is 4.54. The molecule has 0 bridgehead atoms. The highest BCUT2D eigenvalue weighted by Gasteiger charge is 2.28. The molecule has 0 saturated carbocycles. The van der Waals surface area contributed by atoms with Gasteiger partial charge in [0.05, 0.1) is 35.0 Å². The van der Waals surface area contributed by atoms with Crippen molar-refractivity contribution in [2.24, 2.45) is 0 Å². The third-order valence-corrected chi connectivity index (χ3v) is 5.06. The van der Waals surface area contributed by atoms with E-state index < -0.39 is 0 Å². The topological polar surface area (TPSA) is 59.0 Å². The number of fused-ring (bicyclic) bond motifs is 3. The fourth-order valence-corrected chi connectivity index (χ4v) is 3.99. The lowest BCUT2D eigenvalue weighted by atomic mass is 10.0. The first-order valence-corrected chi connectivity index (χ1v) is 8.92. The van der Waals surface area contributed by atoms with Gasteiger partial charge in [-0.05, 0) is 30.2 Å². The van der Waals surface area contributed by atoms with Gasteiger partial charge in [-0.1, -0.05) is 47.5 Å². The van der Waals surface area contributed by atoms with Crippen molar-refractivity contribution >= 4 is 34.9 Å². The molecule has 1 atom stereocenters. The van der Waals surface area contributed by atoms with Crippen molar-refractivity contribution < 1.29 is 4.79 Å². The van der Waals surface area contributed by atoms with Gasteiger partial charge in [-0.2, -0.15) is 0 Å². The summed E-state index contributed by atoms with van der Waals surface area (Å²) in [7, 11) is 0. The second-order valence-corrected chi connectivity index (χ2v) is 7.05. The zero-order chi connectivity index (χ0) is 18.3. The van der Waals surface area contributed by atoms with E-state index in [0.717, 1.165) is 16.8 Å². The molecule has 2 heterocycles. The number of nitrogens with zero attached hydrogens (tertiary/aromatic N) is 2. The van der Waals surface area contributed by atoms with Crippen LogP contribution in [0.4, 0.5) is 10.5 Å². The third kappa shape index (κ3) is 2.93. The second-order valence-electron chi connectivity index (χ2n) is 6.20. The first kappa shape index (κ1) is 16.9. The molecule has 2 N–H and O–H groups in total. The predicted molar refractivity (Wildman–Crippen MR) is 104 cm³/mol. The van der Waals surface area contributed by atoms with Gasteiger partial charge in [0.25, 0.3) is 0 Å². The smallest absolute Gasteiger partial charge is 0.319 e. The summed E-state index contributed by atoms with van der Waals surface area (Å²) < 4.78 is 2.07. The van der Waals surface area contributed by atoms with E-state index in [4.69, 9.17) is 23.2 Å². The highest BCUT2D eigenvalue weighted by molar-refractivity contribution is 6.37. The molecule has 7 heteroatoms. The lowest BCUT2D eigenvalue weighted by Crippen LogP contribution is -2.33. The van der Waals surface area contributed by atoms with E-state index in [-0.39, 0.29) is 12.1 Å². The molecule has 0 fully saturated rings. The number of hydrogen-bond acceptors (Lipinski definition) is 2. The van der Waals surface area contributed by atoms with Crippen molar-refractivity contribution in [2.45, 2.75) is 13.0 Å². The van der Waals surface area contributed by atoms with Crippen LogP contribution in [0, 0.1) is 6.92 Å². The molecule has 0 radical (unpaired) electrons. The number of anilines is 1. The summed E-state index contributed by atoms with van der Waals surface area (Å²) >= 11 is 12.2. The second kappa shape index (κ2) is 6.67. The number of rotatable bonds is 3. The maximum Gasteiger partial charge on any atom is 0.319 e. The molecule has 1 aliphatic heterocycles. The van der Waals surface area contributed by atoms with Gasteiger partial charge in [0.15, 0.2) is 0 Å². The van der Waals surface area contributed by atoms with Gasteiger partial charge in [-0.3, -0.25) is 0 Å². The Kier molecular flexibility index (Phi) is 4.34. The lowest BCUT2D eigenvalue weighted by molar-refractivity contribution is 0.251. The van der Waals surface area contributed by atoms with Crippen LogP contribution in [0.3, 0.4) is 0 Å². The van der Waals surface area contributed by atoms with Crippen LogP contribution < -0.4 is 10.6 Å². The zero-order valence-electron chi connectivity index (χ0n) is 14.0. The first-order valence-electron chi connectivity index (χ1n) is 8.16. The Bertz CT molecular complexity index is 976. The summed E-state index contributed by atoms with van der Waals surface area (Å²) in [4.78, 5) is 16.6. The van der Waals surface area contributed by atoms with Crippen molar-refractivity contribution in [2.75, 3.05) is 11.9 Å². The van der Waals surface area contributed by atoms with Gasteiger partial charge < -0.3 is 15.2 Å². The van der Waals surface area contributed by atoms with E-state index in [9.17, 15) is 4.79 Å². The van der Waals surface area contributed by atoms with E-state index in [1.165, 1.54) is 5.56 Å². The normalized spacial score (nSPS) is 14.7. The molecule has 26 heavy (non-hydrogen) atoms. The van der Waals surface area contributed by atoms with E-state index in [0.29, 0.717) is 22.3 Å². The van der Waals surface area contributed by atoms with E-state index in [1.807, 2.05) is 25.3 Å². The number of nitrogens with one attached hydrogen (secondary N) is 2. The molecule has 3 aromatic rings. The lowest BCUT2D eigenvalue weighted by Gasteiger charge is -2.17. The molecule has 2 aromatic carbocycles. The molecule has 1 aliphatic rings.